The molecule has 0 aliphatic carbocycles. The lowest BCUT2D eigenvalue weighted by Crippen LogP contribution is -2.88. The van der Waals surface area contributed by atoms with E-state index in [0.29, 0.717) is 12.5 Å². The van der Waals surface area contributed by atoms with Crippen molar-refractivity contribution >= 4 is 5.91 Å². The highest BCUT2D eigenvalue weighted by Gasteiger charge is 2.31. The van der Waals surface area contributed by atoms with Crippen LogP contribution in [0, 0.1) is 23.2 Å². The third-order valence-electron chi connectivity index (χ3n) is 4.83. The highest BCUT2D eigenvalue weighted by molar-refractivity contribution is 5.78. The molecule has 0 unspecified atom stereocenters. The maximum Gasteiger partial charge on any atom is 0.276 e. The first-order chi connectivity index (χ1) is 11.2. The van der Waals surface area contributed by atoms with E-state index in [1.807, 2.05) is 13.8 Å². The van der Waals surface area contributed by atoms with Crippen LogP contribution >= 0.6 is 0 Å². The van der Waals surface area contributed by atoms with Gasteiger partial charge >= 0.3 is 0 Å². The lowest BCUT2D eigenvalue weighted by molar-refractivity contribution is -0.692. The molecule has 0 aromatic heterocycles. The molecule has 0 radical (unpaired) electrons. The van der Waals surface area contributed by atoms with Gasteiger partial charge in [-0.25, -0.2) is 0 Å². The predicted octanol–water partition coefficient (Wildman–Crippen LogP) is 2.56. The zero-order chi connectivity index (χ0) is 18.3. The Bertz CT molecular complexity index is 572. The average molecular weight is 330 g/mol. The first-order valence-corrected chi connectivity index (χ1v) is 8.87. The van der Waals surface area contributed by atoms with Crippen LogP contribution in [0.25, 0.3) is 0 Å². The lowest BCUT2D eigenvalue weighted by atomic mass is 9.90. The van der Waals surface area contributed by atoms with E-state index in [4.69, 9.17) is 0 Å². The number of amides is 1. The van der Waals surface area contributed by atoms with Crippen LogP contribution in [0.4, 0.5) is 0 Å². The summed E-state index contributed by atoms with van der Waals surface area (Å²) in [6, 6.07) is 11.1. The standard InChI is InChI=1S/C20H31N3O/c1-7-16-8-10-17(11-9-16)19(14(2)3)22-12-18(24)23-20(6,13-21)15(4)5/h8-11,14-15,19,22H,7,12H2,1-6H3,(H,23,24)/p+1/t19-,20+/m0/s1. The maximum absolute atomic E-state index is 12.3. The fraction of sp³-hybridized carbons (Fsp3) is 0.600. The number of nitrogens with one attached hydrogen (secondary N) is 1. The zero-order valence-corrected chi connectivity index (χ0v) is 15.9. The van der Waals surface area contributed by atoms with E-state index in [-0.39, 0.29) is 17.9 Å². The van der Waals surface area contributed by atoms with Gasteiger partial charge < -0.3 is 10.6 Å². The topological polar surface area (TPSA) is 69.5 Å². The molecule has 2 atom stereocenters. The van der Waals surface area contributed by atoms with Gasteiger partial charge in [-0.1, -0.05) is 58.9 Å². The second kappa shape index (κ2) is 8.84. The van der Waals surface area contributed by atoms with Gasteiger partial charge in [0.05, 0.1) is 6.07 Å². The molecule has 3 N–H and O–H groups in total. The Morgan fingerprint density at radius 2 is 1.83 bits per heavy atom. The molecular weight excluding hydrogens is 298 g/mol. The van der Waals surface area contributed by atoms with E-state index < -0.39 is 5.54 Å². The van der Waals surface area contributed by atoms with Crippen molar-refractivity contribution in [2.45, 2.75) is 59.5 Å². The molecule has 24 heavy (non-hydrogen) atoms. The smallest absolute Gasteiger partial charge is 0.276 e. The fourth-order valence-electron chi connectivity index (χ4n) is 2.64. The summed E-state index contributed by atoms with van der Waals surface area (Å²) in [7, 11) is 0. The summed E-state index contributed by atoms with van der Waals surface area (Å²) in [5, 5.41) is 14.3. The second-order valence-corrected chi connectivity index (χ2v) is 7.32. The van der Waals surface area contributed by atoms with Crippen molar-refractivity contribution < 1.29 is 10.1 Å². The number of quaternary nitrogens is 1. The van der Waals surface area contributed by atoms with Crippen molar-refractivity contribution in [3.63, 3.8) is 0 Å². The first-order valence-electron chi connectivity index (χ1n) is 8.87. The highest BCUT2D eigenvalue weighted by atomic mass is 16.2. The fourth-order valence-corrected chi connectivity index (χ4v) is 2.64. The normalized spacial score (nSPS) is 15.0. The van der Waals surface area contributed by atoms with Crippen LogP contribution in [0.2, 0.25) is 0 Å². The van der Waals surface area contributed by atoms with Crippen molar-refractivity contribution in [3.8, 4) is 6.07 Å². The zero-order valence-electron chi connectivity index (χ0n) is 15.9. The van der Waals surface area contributed by atoms with Crippen LogP contribution in [0.15, 0.2) is 24.3 Å². The quantitative estimate of drug-likeness (QED) is 0.769. The molecule has 0 bridgehead atoms. The van der Waals surface area contributed by atoms with Crippen LogP contribution in [-0.2, 0) is 11.2 Å². The number of carbonyl (C=O) groups is 1. The third-order valence-corrected chi connectivity index (χ3v) is 4.83. The van der Waals surface area contributed by atoms with Crippen molar-refractivity contribution in [1.82, 2.24) is 5.32 Å². The Morgan fingerprint density at radius 1 is 1.25 bits per heavy atom. The number of hydrogen-bond donors (Lipinski definition) is 2. The number of benzene rings is 1. The molecule has 0 saturated carbocycles. The summed E-state index contributed by atoms with van der Waals surface area (Å²) in [5.41, 5.74) is 1.74. The van der Waals surface area contributed by atoms with Gasteiger partial charge in [0.15, 0.2) is 6.54 Å². The van der Waals surface area contributed by atoms with Gasteiger partial charge in [-0.2, -0.15) is 5.26 Å². The van der Waals surface area contributed by atoms with Crippen LogP contribution in [0.5, 0.6) is 0 Å². The molecule has 0 heterocycles. The third kappa shape index (κ3) is 5.35. The molecule has 1 aromatic rings. The molecular formula is C20H32N3O+. The minimum Gasteiger partial charge on any atom is -0.333 e. The first kappa shape index (κ1) is 20.2. The van der Waals surface area contributed by atoms with Crippen LogP contribution in [-0.4, -0.2) is 18.0 Å². The van der Waals surface area contributed by atoms with Gasteiger partial charge in [-0.15, -0.1) is 0 Å². The van der Waals surface area contributed by atoms with Gasteiger partial charge in [0.25, 0.3) is 5.91 Å². The number of nitriles is 1. The molecule has 1 aromatic carbocycles. The number of rotatable bonds is 8. The van der Waals surface area contributed by atoms with Crippen LogP contribution in [0.1, 0.15) is 58.7 Å². The van der Waals surface area contributed by atoms with Crippen LogP contribution in [0.3, 0.4) is 0 Å². The Morgan fingerprint density at radius 3 is 2.25 bits per heavy atom. The summed E-state index contributed by atoms with van der Waals surface area (Å²) in [6.07, 6.45) is 1.03. The minimum atomic E-state index is -0.818. The Balaban J connectivity index is 2.73. The molecule has 132 valence electrons. The highest BCUT2D eigenvalue weighted by Crippen LogP contribution is 2.18. The summed E-state index contributed by atoms with van der Waals surface area (Å²) in [6.45, 7) is 12.5. The van der Waals surface area contributed by atoms with Crippen molar-refractivity contribution in [3.05, 3.63) is 35.4 Å². The molecule has 1 amide bonds. The summed E-state index contributed by atoms with van der Waals surface area (Å²) in [4.78, 5) is 12.3. The van der Waals surface area contributed by atoms with E-state index in [9.17, 15) is 10.1 Å². The molecule has 1 rings (SSSR count). The molecule has 0 saturated heterocycles. The monoisotopic (exact) mass is 330 g/mol. The maximum atomic E-state index is 12.3. The summed E-state index contributed by atoms with van der Waals surface area (Å²) < 4.78 is 0. The van der Waals surface area contributed by atoms with E-state index in [1.165, 1.54) is 11.1 Å². The number of hydrogen-bond acceptors (Lipinski definition) is 2. The lowest BCUT2D eigenvalue weighted by Gasteiger charge is -2.27. The summed E-state index contributed by atoms with van der Waals surface area (Å²) in [5.74, 6) is 0.384. The van der Waals surface area contributed by atoms with E-state index >= 15 is 0 Å². The summed E-state index contributed by atoms with van der Waals surface area (Å²) >= 11 is 0. The average Bonchev–Trinajstić information content (AvgIpc) is 2.54. The van der Waals surface area contributed by atoms with Gasteiger partial charge in [0.1, 0.15) is 11.6 Å². The Kier molecular flexibility index (Phi) is 7.44. The van der Waals surface area contributed by atoms with Gasteiger partial charge in [0, 0.05) is 11.5 Å². The van der Waals surface area contributed by atoms with Gasteiger partial charge in [-0.05, 0) is 24.8 Å². The van der Waals surface area contributed by atoms with Gasteiger partial charge in [-0.3, -0.25) is 4.79 Å². The van der Waals surface area contributed by atoms with E-state index in [2.05, 4.69) is 61.7 Å². The number of nitrogens with two attached hydrogens (primary N) is 1. The van der Waals surface area contributed by atoms with Crippen molar-refractivity contribution in [2.75, 3.05) is 6.54 Å². The van der Waals surface area contributed by atoms with Gasteiger partial charge in [0.2, 0.25) is 0 Å². The number of nitrogens with zero attached hydrogens (tertiary/aromatic N) is 1. The molecule has 4 heteroatoms. The second-order valence-electron chi connectivity index (χ2n) is 7.32. The molecule has 0 aliphatic rings. The SMILES string of the molecule is CCc1ccc([C@@H]([NH2+]CC(=O)N[C@](C)(C#N)C(C)C)C(C)C)cc1. The number of carbonyl (C=O) groups excluding carboxylic acids is 1. The van der Waals surface area contributed by atoms with E-state index in [0.717, 1.165) is 6.42 Å². The van der Waals surface area contributed by atoms with Crippen LogP contribution < -0.4 is 10.6 Å². The Labute approximate surface area is 146 Å². The Hall–Kier alpha value is -1.86. The van der Waals surface area contributed by atoms with Crippen molar-refractivity contribution in [2.24, 2.45) is 11.8 Å². The molecule has 0 fully saturated rings. The predicted molar refractivity (Wildman–Crippen MR) is 97.2 cm³/mol. The molecule has 0 spiro atoms. The molecule has 4 nitrogen and oxygen atoms in total. The number of aryl methyl sites for hydroxylation is 1. The van der Waals surface area contributed by atoms with E-state index in [1.54, 1.807) is 6.92 Å². The largest absolute Gasteiger partial charge is 0.333 e. The minimum absolute atomic E-state index is 0.0638. The molecule has 0 aliphatic heterocycles. The van der Waals surface area contributed by atoms with Crippen molar-refractivity contribution in [1.29, 1.82) is 5.26 Å².